The van der Waals surface area contributed by atoms with Crippen LogP contribution < -0.4 is 0 Å². The van der Waals surface area contributed by atoms with Gasteiger partial charge in [-0.15, -0.1) is 12.4 Å². The number of benzene rings is 1. The fraction of sp³-hybridized carbons (Fsp3) is 0.286. The molecular weight excluding hydrogens is 319 g/mol. The van der Waals surface area contributed by atoms with E-state index in [4.69, 9.17) is 23.2 Å². The zero-order valence-electron chi connectivity index (χ0n) is 10.7. The number of carbonyl (C=O) groups is 1. The van der Waals surface area contributed by atoms with E-state index >= 15 is 0 Å². The molecule has 0 fully saturated rings. The third-order valence-electron chi connectivity index (χ3n) is 3.58. The van der Waals surface area contributed by atoms with Gasteiger partial charge in [-0.3, -0.25) is 9.89 Å². The van der Waals surface area contributed by atoms with Crippen LogP contribution in [0, 0.1) is 6.92 Å². The van der Waals surface area contributed by atoms with Crippen molar-refractivity contribution in [2.45, 2.75) is 25.7 Å². The summed E-state index contributed by atoms with van der Waals surface area (Å²) in [6.45, 7) is 1.85. The third-order valence-corrected chi connectivity index (χ3v) is 4.16. The normalized spacial score (nSPS) is 17.6. The summed E-state index contributed by atoms with van der Waals surface area (Å²) in [4.78, 5) is 12.2. The Hall–Kier alpha value is -1.03. The molecule has 106 valence electrons. The maximum Gasteiger partial charge on any atom is 0.167 e. The van der Waals surface area contributed by atoms with E-state index < -0.39 is 0 Å². The molecule has 0 saturated heterocycles. The van der Waals surface area contributed by atoms with E-state index in [1.807, 2.05) is 13.0 Å². The fourth-order valence-electron chi connectivity index (χ4n) is 2.69. The number of rotatable bonds is 1. The number of ketones is 1. The van der Waals surface area contributed by atoms with Crippen LogP contribution in [-0.2, 0) is 6.42 Å². The first-order valence-corrected chi connectivity index (χ1v) is 6.84. The lowest BCUT2D eigenvalue weighted by atomic mass is 9.82. The van der Waals surface area contributed by atoms with Crippen molar-refractivity contribution in [2.24, 2.45) is 0 Å². The Morgan fingerprint density at radius 2 is 2.05 bits per heavy atom. The lowest BCUT2D eigenvalue weighted by molar-refractivity contribution is 0.0963. The molecule has 0 bridgehead atoms. The number of aromatic amines is 1. The van der Waals surface area contributed by atoms with Crippen LogP contribution in [0.2, 0.25) is 10.0 Å². The maximum atomic E-state index is 12.2. The van der Waals surface area contributed by atoms with Crippen molar-refractivity contribution in [3.63, 3.8) is 0 Å². The molecule has 0 spiro atoms. The number of hydrogen-bond acceptors (Lipinski definition) is 2. The van der Waals surface area contributed by atoms with Crippen LogP contribution in [0.4, 0.5) is 0 Å². The minimum atomic E-state index is 0. The van der Waals surface area contributed by atoms with Gasteiger partial charge >= 0.3 is 0 Å². The van der Waals surface area contributed by atoms with Crippen molar-refractivity contribution >= 4 is 41.4 Å². The zero-order chi connectivity index (χ0) is 13.6. The molecule has 1 unspecified atom stereocenters. The summed E-state index contributed by atoms with van der Waals surface area (Å²) in [5.74, 6) is 0.180. The largest absolute Gasteiger partial charge is 0.294 e. The lowest BCUT2D eigenvalue weighted by Gasteiger charge is -2.22. The summed E-state index contributed by atoms with van der Waals surface area (Å²) in [5, 5.41) is 8.35. The molecule has 3 rings (SSSR count). The number of hydrogen-bond donors (Lipinski definition) is 1. The first-order chi connectivity index (χ1) is 9.06. The van der Waals surface area contributed by atoms with Crippen molar-refractivity contribution in [2.75, 3.05) is 0 Å². The Morgan fingerprint density at radius 3 is 2.80 bits per heavy atom. The van der Waals surface area contributed by atoms with Crippen LogP contribution in [0.5, 0.6) is 0 Å². The zero-order valence-corrected chi connectivity index (χ0v) is 13.1. The molecule has 2 aromatic rings. The number of carbonyl (C=O) groups excluding carboxylic acids is 1. The molecule has 20 heavy (non-hydrogen) atoms. The van der Waals surface area contributed by atoms with Crippen LogP contribution in [0.3, 0.4) is 0 Å². The van der Waals surface area contributed by atoms with Gasteiger partial charge in [0.05, 0.1) is 11.3 Å². The molecule has 1 atom stereocenters. The Morgan fingerprint density at radius 1 is 1.30 bits per heavy atom. The highest BCUT2D eigenvalue weighted by Gasteiger charge is 2.30. The lowest BCUT2D eigenvalue weighted by Crippen LogP contribution is -2.19. The molecule has 0 aliphatic heterocycles. The van der Waals surface area contributed by atoms with Crippen LogP contribution >= 0.6 is 35.6 Å². The summed E-state index contributed by atoms with van der Waals surface area (Å²) in [5.41, 5.74) is 3.35. The summed E-state index contributed by atoms with van der Waals surface area (Å²) < 4.78 is 0. The van der Waals surface area contributed by atoms with E-state index in [9.17, 15) is 4.79 Å². The molecule has 1 aromatic heterocycles. The molecule has 0 amide bonds. The molecule has 6 heteroatoms. The molecule has 1 aliphatic carbocycles. The number of Topliss-reactive ketones (excluding diaryl/α,β-unsaturated/α-hetero) is 1. The Kier molecular flexibility index (Phi) is 4.43. The van der Waals surface area contributed by atoms with Gasteiger partial charge in [0.1, 0.15) is 0 Å². The molecule has 3 nitrogen and oxygen atoms in total. The molecule has 1 aromatic carbocycles. The highest BCUT2D eigenvalue weighted by Crippen LogP contribution is 2.37. The molecule has 1 N–H and O–H groups in total. The van der Waals surface area contributed by atoms with Gasteiger partial charge in [0.15, 0.2) is 5.78 Å². The number of fused-ring (bicyclic) bond motifs is 1. The van der Waals surface area contributed by atoms with E-state index in [1.165, 1.54) is 0 Å². The predicted octanol–water partition coefficient (Wildman–Crippen LogP) is 4.36. The van der Waals surface area contributed by atoms with Crippen molar-refractivity contribution in [3.8, 4) is 0 Å². The second kappa shape index (κ2) is 5.76. The Bertz CT molecular complexity index is 666. The van der Waals surface area contributed by atoms with Gasteiger partial charge in [-0.25, -0.2) is 0 Å². The summed E-state index contributed by atoms with van der Waals surface area (Å²) in [6, 6.07) is 5.37. The number of H-pyrrole nitrogens is 1. The number of nitrogens with one attached hydrogen (secondary N) is 1. The average Bonchev–Trinajstić information content (AvgIpc) is 2.74. The smallest absolute Gasteiger partial charge is 0.167 e. The SMILES string of the molecule is Cc1n[nH]c2c1C(=O)CC(c1cc(Cl)ccc1Cl)C2.Cl. The molecule has 0 radical (unpaired) electrons. The van der Waals surface area contributed by atoms with Gasteiger partial charge in [0, 0.05) is 22.2 Å². The second-order valence-electron chi connectivity index (χ2n) is 4.86. The van der Waals surface area contributed by atoms with Gasteiger partial charge in [-0.2, -0.15) is 5.10 Å². The summed E-state index contributed by atoms with van der Waals surface area (Å²) in [7, 11) is 0. The van der Waals surface area contributed by atoms with Crippen molar-refractivity contribution in [3.05, 3.63) is 50.8 Å². The van der Waals surface area contributed by atoms with Crippen molar-refractivity contribution in [1.29, 1.82) is 0 Å². The van der Waals surface area contributed by atoms with E-state index in [0.29, 0.717) is 16.5 Å². The highest BCUT2D eigenvalue weighted by molar-refractivity contribution is 6.33. The number of halogens is 3. The van der Waals surface area contributed by atoms with Crippen LogP contribution in [0.1, 0.15) is 39.6 Å². The maximum absolute atomic E-state index is 12.2. The van der Waals surface area contributed by atoms with Gasteiger partial charge in [-0.05, 0) is 43.0 Å². The first kappa shape index (κ1) is 15.4. The van der Waals surface area contributed by atoms with Crippen LogP contribution in [0.25, 0.3) is 0 Å². The van der Waals surface area contributed by atoms with E-state index in [-0.39, 0.29) is 24.1 Å². The standard InChI is InChI=1S/C14H12Cl2N2O.ClH/c1-7-14-12(18-17-7)4-8(5-13(14)19)10-6-9(15)2-3-11(10)16;/h2-3,6,8H,4-5H2,1H3,(H,17,18);1H. The molecule has 0 saturated carbocycles. The minimum Gasteiger partial charge on any atom is -0.294 e. The van der Waals surface area contributed by atoms with Crippen molar-refractivity contribution < 1.29 is 4.79 Å². The van der Waals surface area contributed by atoms with Crippen LogP contribution in [-0.4, -0.2) is 16.0 Å². The van der Waals surface area contributed by atoms with Gasteiger partial charge in [-0.1, -0.05) is 23.2 Å². The molecule has 1 heterocycles. The second-order valence-corrected chi connectivity index (χ2v) is 5.70. The van der Waals surface area contributed by atoms with E-state index in [0.717, 1.165) is 28.9 Å². The quantitative estimate of drug-likeness (QED) is 0.844. The Balaban J connectivity index is 0.00000147. The van der Waals surface area contributed by atoms with Crippen LogP contribution in [0.15, 0.2) is 18.2 Å². The van der Waals surface area contributed by atoms with Gasteiger partial charge < -0.3 is 0 Å². The number of aryl methyl sites for hydroxylation is 1. The predicted molar refractivity (Wildman–Crippen MR) is 82.4 cm³/mol. The summed E-state index contributed by atoms with van der Waals surface area (Å²) in [6.07, 6.45) is 1.19. The van der Waals surface area contributed by atoms with Gasteiger partial charge in [0.25, 0.3) is 0 Å². The third kappa shape index (κ3) is 2.58. The fourth-order valence-corrected chi connectivity index (χ4v) is 3.14. The van der Waals surface area contributed by atoms with Gasteiger partial charge in [0.2, 0.25) is 0 Å². The minimum absolute atomic E-state index is 0. The Labute approximate surface area is 133 Å². The molecule has 1 aliphatic rings. The number of aromatic nitrogens is 2. The highest BCUT2D eigenvalue weighted by atomic mass is 35.5. The first-order valence-electron chi connectivity index (χ1n) is 6.08. The van der Waals surface area contributed by atoms with E-state index in [1.54, 1.807) is 12.1 Å². The average molecular weight is 332 g/mol. The van der Waals surface area contributed by atoms with E-state index in [2.05, 4.69) is 10.2 Å². The monoisotopic (exact) mass is 330 g/mol. The van der Waals surface area contributed by atoms with Crippen molar-refractivity contribution in [1.82, 2.24) is 10.2 Å². The number of nitrogens with zero attached hydrogens (tertiary/aromatic N) is 1. The topological polar surface area (TPSA) is 45.8 Å². The molecular formula is C14H13Cl3N2O. The summed E-state index contributed by atoms with van der Waals surface area (Å²) >= 11 is 12.2.